The summed E-state index contributed by atoms with van der Waals surface area (Å²) in [5, 5.41) is 15.4. The Hall–Kier alpha value is -2.85. The molecule has 4 rings (SSSR count). The predicted octanol–water partition coefficient (Wildman–Crippen LogP) is 7.38. The first-order valence-corrected chi connectivity index (χ1v) is 14.0. The number of halogens is 2. The van der Waals surface area contributed by atoms with Crippen molar-refractivity contribution in [2.24, 2.45) is 0 Å². The maximum atomic E-state index is 12.6. The molecular formula is C26H25Cl2N5O2S2. The van der Waals surface area contributed by atoms with Gasteiger partial charge in [0, 0.05) is 22.5 Å². The van der Waals surface area contributed by atoms with Crippen molar-refractivity contribution in [3.8, 4) is 17.0 Å². The second kappa shape index (κ2) is 12.1. The highest BCUT2D eigenvalue weighted by molar-refractivity contribution is 7.99. The van der Waals surface area contributed by atoms with Crippen molar-refractivity contribution in [1.82, 2.24) is 19.7 Å². The number of amides is 1. The molecule has 1 amide bonds. The third-order valence-electron chi connectivity index (χ3n) is 5.50. The maximum absolute atomic E-state index is 12.6. The van der Waals surface area contributed by atoms with Gasteiger partial charge in [-0.15, -0.1) is 28.1 Å². The predicted molar refractivity (Wildman–Crippen MR) is 152 cm³/mol. The first-order chi connectivity index (χ1) is 17.7. The van der Waals surface area contributed by atoms with Crippen LogP contribution in [0.4, 0.5) is 5.13 Å². The van der Waals surface area contributed by atoms with Crippen molar-refractivity contribution >= 4 is 57.3 Å². The normalized spacial score (nSPS) is 11.8. The van der Waals surface area contributed by atoms with Crippen LogP contribution in [0.2, 0.25) is 10.0 Å². The molecule has 0 saturated heterocycles. The van der Waals surface area contributed by atoms with Crippen LogP contribution in [-0.4, -0.2) is 31.4 Å². The van der Waals surface area contributed by atoms with E-state index in [1.165, 1.54) is 28.7 Å². The Kier molecular flexibility index (Phi) is 8.91. The number of aromatic nitrogens is 4. The van der Waals surface area contributed by atoms with Gasteiger partial charge in [-0.3, -0.25) is 9.36 Å². The molecule has 0 bridgehead atoms. The summed E-state index contributed by atoms with van der Waals surface area (Å²) in [6.45, 7) is 10.4. The van der Waals surface area contributed by atoms with E-state index in [0.29, 0.717) is 38.4 Å². The van der Waals surface area contributed by atoms with Gasteiger partial charge >= 0.3 is 0 Å². The number of nitrogens with zero attached hydrogens (tertiary/aromatic N) is 4. The summed E-state index contributed by atoms with van der Waals surface area (Å²) >= 11 is 14.9. The van der Waals surface area contributed by atoms with Gasteiger partial charge in [-0.2, -0.15) is 0 Å². The van der Waals surface area contributed by atoms with Gasteiger partial charge in [0.2, 0.25) is 5.91 Å². The number of nitrogens with one attached hydrogen (secondary N) is 1. The molecule has 0 fully saturated rings. The molecule has 0 saturated carbocycles. The average Bonchev–Trinajstić information content (AvgIpc) is 3.47. The lowest BCUT2D eigenvalue weighted by atomic mass is 10.1. The number of aryl methyl sites for hydroxylation is 2. The van der Waals surface area contributed by atoms with Crippen LogP contribution >= 0.6 is 46.3 Å². The number of hydrogen-bond donors (Lipinski definition) is 1. The number of carbonyl (C=O) groups excluding carboxylic acids is 1. The zero-order valence-electron chi connectivity index (χ0n) is 20.5. The highest BCUT2D eigenvalue weighted by Gasteiger charge is 2.20. The molecule has 192 valence electrons. The van der Waals surface area contributed by atoms with Crippen LogP contribution in [0.15, 0.2) is 59.6 Å². The minimum Gasteiger partial charge on any atom is -0.483 e. The van der Waals surface area contributed by atoms with Crippen molar-refractivity contribution in [1.29, 1.82) is 0 Å². The second-order valence-electron chi connectivity index (χ2n) is 8.25. The van der Waals surface area contributed by atoms with E-state index in [9.17, 15) is 4.79 Å². The topological polar surface area (TPSA) is 81.9 Å². The molecule has 1 atom stereocenters. The van der Waals surface area contributed by atoms with Gasteiger partial charge in [0.1, 0.15) is 5.75 Å². The van der Waals surface area contributed by atoms with Gasteiger partial charge in [0.15, 0.2) is 22.2 Å². The first-order valence-electron chi connectivity index (χ1n) is 11.4. The SMILES string of the molecule is C=CCn1c(SCC(=O)Nc2nc(-c3ccc(Cl)cc3Cl)cs2)nnc1C(C)Oc1ccc(C)c(C)c1. The molecule has 4 aromatic rings. The molecule has 0 aliphatic heterocycles. The van der Waals surface area contributed by atoms with E-state index >= 15 is 0 Å². The third kappa shape index (κ3) is 6.73. The van der Waals surface area contributed by atoms with Crippen molar-refractivity contribution in [3.05, 3.63) is 81.4 Å². The Labute approximate surface area is 233 Å². The zero-order chi connectivity index (χ0) is 26.5. The smallest absolute Gasteiger partial charge is 0.236 e. The summed E-state index contributed by atoms with van der Waals surface area (Å²) in [7, 11) is 0. The summed E-state index contributed by atoms with van der Waals surface area (Å²) in [6, 6.07) is 11.2. The van der Waals surface area contributed by atoms with Crippen LogP contribution in [0.3, 0.4) is 0 Å². The van der Waals surface area contributed by atoms with Gasteiger partial charge in [0.05, 0.1) is 16.5 Å². The van der Waals surface area contributed by atoms with Crippen LogP contribution < -0.4 is 10.1 Å². The number of thioether (sulfide) groups is 1. The van der Waals surface area contributed by atoms with Gasteiger partial charge in [-0.05, 0) is 62.2 Å². The highest BCUT2D eigenvalue weighted by Crippen LogP contribution is 2.32. The number of thiazole rings is 1. The minimum absolute atomic E-state index is 0.137. The zero-order valence-corrected chi connectivity index (χ0v) is 23.6. The van der Waals surface area contributed by atoms with Crippen molar-refractivity contribution < 1.29 is 9.53 Å². The fraction of sp³-hybridized carbons (Fsp3) is 0.231. The largest absolute Gasteiger partial charge is 0.483 e. The summed E-state index contributed by atoms with van der Waals surface area (Å²) in [4.78, 5) is 17.1. The Morgan fingerprint density at radius 2 is 2.03 bits per heavy atom. The summed E-state index contributed by atoms with van der Waals surface area (Å²) in [5.74, 6) is 1.35. The van der Waals surface area contributed by atoms with Crippen LogP contribution in [0.5, 0.6) is 5.75 Å². The lowest BCUT2D eigenvalue weighted by molar-refractivity contribution is -0.113. The second-order valence-corrected chi connectivity index (χ2v) is 10.9. The molecule has 0 aliphatic rings. The third-order valence-corrected chi connectivity index (χ3v) is 7.77. The standard InChI is InChI=1S/C26H25Cl2N5O2S2/c1-5-10-33-24(17(4)35-19-8-6-15(2)16(3)11-19)31-32-26(33)37-14-23(34)30-25-29-22(13-36-25)20-9-7-18(27)12-21(20)28/h5-9,11-13,17H,1,10,14H2,2-4H3,(H,29,30,34). The Morgan fingerprint density at radius 1 is 1.22 bits per heavy atom. The van der Waals surface area contributed by atoms with E-state index < -0.39 is 0 Å². The van der Waals surface area contributed by atoms with E-state index in [4.69, 9.17) is 27.9 Å². The lowest BCUT2D eigenvalue weighted by Gasteiger charge is -2.16. The average molecular weight is 575 g/mol. The summed E-state index contributed by atoms with van der Waals surface area (Å²) < 4.78 is 8.03. The highest BCUT2D eigenvalue weighted by atomic mass is 35.5. The van der Waals surface area contributed by atoms with E-state index in [1.807, 2.05) is 42.0 Å². The van der Waals surface area contributed by atoms with E-state index in [-0.39, 0.29) is 17.8 Å². The molecule has 1 unspecified atom stereocenters. The van der Waals surface area contributed by atoms with Crippen molar-refractivity contribution in [3.63, 3.8) is 0 Å². The van der Waals surface area contributed by atoms with Gasteiger partial charge in [-0.1, -0.05) is 47.1 Å². The molecule has 7 nitrogen and oxygen atoms in total. The summed E-state index contributed by atoms with van der Waals surface area (Å²) in [6.07, 6.45) is 1.42. The Morgan fingerprint density at radius 3 is 2.76 bits per heavy atom. The molecule has 2 aromatic heterocycles. The molecule has 0 aliphatic carbocycles. The number of anilines is 1. The van der Waals surface area contributed by atoms with Crippen LogP contribution in [0.1, 0.15) is 30.0 Å². The number of allylic oxidation sites excluding steroid dienone is 1. The van der Waals surface area contributed by atoms with Gasteiger partial charge in [-0.25, -0.2) is 4.98 Å². The first kappa shape index (κ1) is 27.2. The monoisotopic (exact) mass is 573 g/mol. The molecular weight excluding hydrogens is 549 g/mol. The number of benzene rings is 2. The molecule has 2 aromatic carbocycles. The van der Waals surface area contributed by atoms with Crippen LogP contribution in [0, 0.1) is 13.8 Å². The van der Waals surface area contributed by atoms with E-state index in [0.717, 1.165) is 16.9 Å². The van der Waals surface area contributed by atoms with Gasteiger partial charge < -0.3 is 10.1 Å². The molecule has 37 heavy (non-hydrogen) atoms. The Bertz CT molecular complexity index is 1440. The minimum atomic E-state index is -0.342. The fourth-order valence-electron chi connectivity index (χ4n) is 3.49. The fourth-order valence-corrected chi connectivity index (χ4v) is 5.48. The van der Waals surface area contributed by atoms with Crippen LogP contribution in [0.25, 0.3) is 11.3 Å². The number of hydrogen-bond acceptors (Lipinski definition) is 7. The Balaban J connectivity index is 1.40. The molecule has 1 N–H and O–H groups in total. The molecule has 0 radical (unpaired) electrons. The maximum Gasteiger partial charge on any atom is 0.236 e. The van der Waals surface area contributed by atoms with Gasteiger partial charge in [0.25, 0.3) is 0 Å². The number of ether oxygens (including phenoxy) is 1. The van der Waals surface area contributed by atoms with E-state index in [2.05, 4.69) is 34.0 Å². The summed E-state index contributed by atoms with van der Waals surface area (Å²) in [5.41, 5.74) is 3.78. The van der Waals surface area contributed by atoms with Crippen molar-refractivity contribution in [2.75, 3.05) is 11.1 Å². The number of rotatable bonds is 10. The number of carbonyl (C=O) groups is 1. The lowest BCUT2D eigenvalue weighted by Crippen LogP contribution is -2.15. The molecule has 2 heterocycles. The molecule has 0 spiro atoms. The molecule has 11 heteroatoms. The van der Waals surface area contributed by atoms with Crippen LogP contribution in [-0.2, 0) is 11.3 Å². The van der Waals surface area contributed by atoms with E-state index in [1.54, 1.807) is 24.3 Å². The quantitative estimate of drug-likeness (QED) is 0.157. The van der Waals surface area contributed by atoms with Crippen molar-refractivity contribution in [2.45, 2.75) is 38.6 Å².